The third-order valence-electron chi connectivity index (χ3n) is 5.23. The third kappa shape index (κ3) is 2.19. The number of rotatable bonds is 2. The molecule has 1 heterocycles. The summed E-state index contributed by atoms with van der Waals surface area (Å²) in [4.78, 5) is 10.0. The van der Waals surface area contributed by atoms with Crippen LogP contribution in [-0.2, 0) is 5.41 Å². The first-order valence-corrected chi connectivity index (χ1v) is 8.93. The van der Waals surface area contributed by atoms with Crippen molar-refractivity contribution in [3.63, 3.8) is 0 Å². The van der Waals surface area contributed by atoms with Crippen molar-refractivity contribution in [2.45, 2.75) is 11.8 Å². The molecule has 0 radical (unpaired) electrons. The molecule has 5 rings (SSSR count). The van der Waals surface area contributed by atoms with Crippen LogP contribution in [0.25, 0.3) is 17.1 Å². The summed E-state index contributed by atoms with van der Waals surface area (Å²) in [6, 6.07) is 29.4. The topological polar surface area (TPSA) is 25.8 Å². The van der Waals surface area contributed by atoms with Gasteiger partial charge in [0.2, 0.25) is 0 Å². The Kier molecular flexibility index (Phi) is 3.42. The quantitative estimate of drug-likeness (QED) is 0.492. The number of para-hydroxylation sites is 2. The summed E-state index contributed by atoms with van der Waals surface area (Å²) in [5.74, 6) is 0. The second kappa shape index (κ2) is 5.92. The molecular weight excluding hydrogens is 316 g/mol. The number of hydrogen-bond donors (Lipinski definition) is 0. The lowest BCUT2D eigenvalue weighted by Crippen LogP contribution is -2.33. The standard InChI is InChI=1S/C24H18N2/c1-3-10-18(11-4-1)24(19-12-5-2-6-13-19)17-9-16-22-23(24)26-21-15-8-7-14-20(21)25-22/h1-16H,17H2. The highest BCUT2D eigenvalue weighted by atomic mass is 14.8. The van der Waals surface area contributed by atoms with E-state index in [-0.39, 0.29) is 5.41 Å². The molecule has 2 heteroatoms. The minimum atomic E-state index is -0.316. The van der Waals surface area contributed by atoms with Crippen molar-refractivity contribution in [1.82, 2.24) is 9.97 Å². The van der Waals surface area contributed by atoms with Crippen LogP contribution in [0.3, 0.4) is 0 Å². The van der Waals surface area contributed by atoms with Crippen molar-refractivity contribution < 1.29 is 0 Å². The lowest BCUT2D eigenvalue weighted by atomic mass is 9.67. The molecule has 4 aromatic rings. The molecule has 1 aliphatic rings. The zero-order valence-electron chi connectivity index (χ0n) is 14.3. The fourth-order valence-corrected chi connectivity index (χ4v) is 4.01. The Bertz CT molecular complexity index is 1060. The van der Waals surface area contributed by atoms with E-state index in [1.807, 2.05) is 24.3 Å². The van der Waals surface area contributed by atoms with Gasteiger partial charge in [-0.25, -0.2) is 9.97 Å². The average Bonchev–Trinajstić information content (AvgIpc) is 2.73. The van der Waals surface area contributed by atoms with Gasteiger partial charge >= 0.3 is 0 Å². The van der Waals surface area contributed by atoms with Crippen LogP contribution in [0.15, 0.2) is 91.0 Å². The number of aromatic nitrogens is 2. The number of nitrogens with zero attached hydrogens (tertiary/aromatic N) is 2. The Morgan fingerprint density at radius 1 is 0.615 bits per heavy atom. The van der Waals surface area contributed by atoms with E-state index in [2.05, 4.69) is 72.8 Å². The molecule has 0 spiro atoms. The van der Waals surface area contributed by atoms with Crippen molar-refractivity contribution in [3.8, 4) is 0 Å². The first-order valence-electron chi connectivity index (χ1n) is 8.93. The Labute approximate surface area is 152 Å². The SMILES string of the molecule is C1=Cc2nc3ccccc3nc2C(c2ccccc2)(c2ccccc2)C1. The van der Waals surface area contributed by atoms with E-state index < -0.39 is 0 Å². The van der Waals surface area contributed by atoms with E-state index in [9.17, 15) is 0 Å². The van der Waals surface area contributed by atoms with E-state index in [0.717, 1.165) is 28.8 Å². The van der Waals surface area contributed by atoms with Crippen LogP contribution in [0.4, 0.5) is 0 Å². The van der Waals surface area contributed by atoms with Gasteiger partial charge in [-0.2, -0.15) is 0 Å². The van der Waals surface area contributed by atoms with Crippen molar-refractivity contribution in [1.29, 1.82) is 0 Å². The van der Waals surface area contributed by atoms with Crippen LogP contribution in [0.2, 0.25) is 0 Å². The van der Waals surface area contributed by atoms with Crippen LogP contribution >= 0.6 is 0 Å². The first-order chi connectivity index (χ1) is 12.9. The van der Waals surface area contributed by atoms with Gasteiger partial charge in [0.05, 0.1) is 27.8 Å². The summed E-state index contributed by atoms with van der Waals surface area (Å²) < 4.78 is 0. The van der Waals surface area contributed by atoms with Gasteiger partial charge in [0.15, 0.2) is 0 Å². The molecule has 0 atom stereocenters. The van der Waals surface area contributed by atoms with Gasteiger partial charge in [-0.1, -0.05) is 78.9 Å². The van der Waals surface area contributed by atoms with E-state index in [4.69, 9.17) is 9.97 Å². The smallest absolute Gasteiger partial charge is 0.0894 e. The third-order valence-corrected chi connectivity index (χ3v) is 5.23. The minimum absolute atomic E-state index is 0.316. The van der Waals surface area contributed by atoms with Crippen molar-refractivity contribution in [2.75, 3.05) is 0 Å². The summed E-state index contributed by atoms with van der Waals surface area (Å²) >= 11 is 0. The molecule has 0 saturated heterocycles. The van der Waals surface area contributed by atoms with Gasteiger partial charge in [0.1, 0.15) is 0 Å². The molecule has 0 fully saturated rings. The Hall–Kier alpha value is -3.26. The zero-order chi connectivity index (χ0) is 17.4. The summed E-state index contributed by atoms with van der Waals surface area (Å²) in [5, 5.41) is 0. The zero-order valence-corrected chi connectivity index (χ0v) is 14.3. The van der Waals surface area contributed by atoms with Crippen molar-refractivity contribution in [3.05, 3.63) is 114 Å². The Morgan fingerprint density at radius 2 is 1.15 bits per heavy atom. The van der Waals surface area contributed by atoms with Gasteiger partial charge in [-0.3, -0.25) is 0 Å². The molecule has 0 bridgehead atoms. The summed E-state index contributed by atoms with van der Waals surface area (Å²) in [5.41, 5.74) is 6.07. The number of hydrogen-bond acceptors (Lipinski definition) is 2. The fraction of sp³-hybridized carbons (Fsp3) is 0.0833. The molecule has 0 aliphatic heterocycles. The maximum Gasteiger partial charge on any atom is 0.0894 e. The summed E-state index contributed by atoms with van der Waals surface area (Å²) in [6.45, 7) is 0. The lowest BCUT2D eigenvalue weighted by Gasteiger charge is -2.36. The van der Waals surface area contributed by atoms with Gasteiger partial charge < -0.3 is 0 Å². The maximum atomic E-state index is 5.11. The normalized spacial score (nSPS) is 14.9. The highest BCUT2D eigenvalue weighted by Crippen LogP contribution is 2.45. The predicted molar refractivity (Wildman–Crippen MR) is 106 cm³/mol. The van der Waals surface area contributed by atoms with Crippen LogP contribution in [0.1, 0.15) is 28.9 Å². The summed E-state index contributed by atoms with van der Waals surface area (Å²) in [6.07, 6.45) is 5.21. The van der Waals surface area contributed by atoms with Crippen molar-refractivity contribution >= 4 is 17.1 Å². The maximum absolute atomic E-state index is 5.11. The second-order valence-corrected chi connectivity index (χ2v) is 6.69. The number of benzene rings is 3. The average molecular weight is 334 g/mol. The first kappa shape index (κ1) is 15.0. The molecule has 124 valence electrons. The largest absolute Gasteiger partial charge is 0.248 e. The van der Waals surface area contributed by atoms with Gasteiger partial charge in [0, 0.05) is 0 Å². The second-order valence-electron chi connectivity index (χ2n) is 6.69. The molecule has 3 aromatic carbocycles. The van der Waals surface area contributed by atoms with E-state index in [1.54, 1.807) is 0 Å². The van der Waals surface area contributed by atoms with Crippen LogP contribution in [-0.4, -0.2) is 9.97 Å². The molecule has 0 amide bonds. The molecule has 0 saturated carbocycles. The summed E-state index contributed by atoms with van der Waals surface area (Å²) in [7, 11) is 0. The molecule has 0 unspecified atom stereocenters. The molecular formula is C24H18N2. The van der Waals surface area contributed by atoms with Gasteiger partial charge in [-0.15, -0.1) is 0 Å². The van der Waals surface area contributed by atoms with Gasteiger partial charge in [0.25, 0.3) is 0 Å². The van der Waals surface area contributed by atoms with E-state index in [1.165, 1.54) is 11.1 Å². The van der Waals surface area contributed by atoms with Crippen molar-refractivity contribution in [2.24, 2.45) is 0 Å². The molecule has 0 N–H and O–H groups in total. The highest BCUT2D eigenvalue weighted by molar-refractivity contribution is 5.77. The number of allylic oxidation sites excluding steroid dienone is 1. The minimum Gasteiger partial charge on any atom is -0.248 e. The molecule has 26 heavy (non-hydrogen) atoms. The van der Waals surface area contributed by atoms with Crippen LogP contribution in [0, 0.1) is 0 Å². The number of fused-ring (bicyclic) bond motifs is 2. The highest BCUT2D eigenvalue weighted by Gasteiger charge is 2.40. The predicted octanol–water partition coefficient (Wildman–Crippen LogP) is 5.38. The van der Waals surface area contributed by atoms with E-state index >= 15 is 0 Å². The monoisotopic (exact) mass is 334 g/mol. The van der Waals surface area contributed by atoms with Crippen LogP contribution < -0.4 is 0 Å². The lowest BCUT2D eigenvalue weighted by molar-refractivity contribution is 0.597. The Balaban J connectivity index is 1.88. The van der Waals surface area contributed by atoms with E-state index in [0.29, 0.717) is 0 Å². The Morgan fingerprint density at radius 3 is 1.77 bits per heavy atom. The molecule has 2 nitrogen and oxygen atoms in total. The molecule has 1 aromatic heterocycles. The van der Waals surface area contributed by atoms with Crippen LogP contribution in [0.5, 0.6) is 0 Å². The fourth-order valence-electron chi connectivity index (χ4n) is 4.01. The molecule has 1 aliphatic carbocycles. The van der Waals surface area contributed by atoms with Gasteiger partial charge in [-0.05, 0) is 35.8 Å².